The van der Waals surface area contributed by atoms with E-state index in [2.05, 4.69) is 18.2 Å². The predicted molar refractivity (Wildman–Crippen MR) is 42.4 cm³/mol. The van der Waals surface area contributed by atoms with Gasteiger partial charge in [0.1, 0.15) is 0 Å². The van der Waals surface area contributed by atoms with Crippen LogP contribution in [0.25, 0.3) is 0 Å². The summed E-state index contributed by atoms with van der Waals surface area (Å²) in [5, 5.41) is 0. The third-order valence-corrected chi connectivity index (χ3v) is 2.74. The maximum atomic E-state index is 5.37. The van der Waals surface area contributed by atoms with Crippen LogP contribution < -0.4 is 8.32 Å². The van der Waals surface area contributed by atoms with Gasteiger partial charge in [-0.25, -0.2) is 0 Å². The Labute approximate surface area is 73.5 Å². The van der Waals surface area contributed by atoms with Crippen LogP contribution in [0, 0.1) is 0 Å². The standard InChI is InChI=1S/C8H7O.Sn.H/c1-2-4-8-7(3-1)5-6-9-8;;/h2-4H,5-6H2;;. The molecule has 0 spiro atoms. The minimum absolute atomic E-state index is 0.874. The minimum atomic E-state index is 0.874. The molecule has 50 valence electrons. The SMILES string of the molecule is [SnH][c]1ccc2c(c1)CCO2. The van der Waals surface area contributed by atoms with Crippen molar-refractivity contribution in [1.29, 1.82) is 0 Å². The molecule has 2 heteroatoms. The fourth-order valence-electron chi connectivity index (χ4n) is 1.21. The zero-order valence-corrected chi connectivity index (χ0v) is 8.93. The summed E-state index contributed by atoms with van der Waals surface area (Å²) in [6, 6.07) is 6.49. The molecule has 1 aromatic carbocycles. The Balaban J connectivity index is 2.52. The van der Waals surface area contributed by atoms with Crippen molar-refractivity contribution in [3.8, 4) is 5.75 Å². The van der Waals surface area contributed by atoms with E-state index in [0.29, 0.717) is 0 Å². The summed E-state index contributed by atoms with van der Waals surface area (Å²) < 4.78 is 6.82. The van der Waals surface area contributed by atoms with E-state index in [-0.39, 0.29) is 0 Å². The molecule has 1 aliphatic heterocycles. The van der Waals surface area contributed by atoms with Crippen molar-refractivity contribution in [2.75, 3.05) is 6.61 Å². The van der Waals surface area contributed by atoms with E-state index in [1.807, 2.05) is 0 Å². The Bertz CT molecular complexity index is 257. The molecule has 0 saturated heterocycles. The number of ether oxygens (including phenoxy) is 1. The van der Waals surface area contributed by atoms with Crippen LogP contribution >= 0.6 is 0 Å². The van der Waals surface area contributed by atoms with Crippen molar-refractivity contribution in [2.45, 2.75) is 6.42 Å². The van der Waals surface area contributed by atoms with E-state index in [9.17, 15) is 0 Å². The predicted octanol–water partition coefficient (Wildman–Crippen LogP) is 0.148. The Morgan fingerprint density at radius 3 is 3.20 bits per heavy atom. The van der Waals surface area contributed by atoms with Crippen LogP contribution in [-0.4, -0.2) is 29.1 Å². The number of hydrogen-bond acceptors (Lipinski definition) is 1. The Hall–Kier alpha value is -0.181. The number of hydrogen-bond donors (Lipinski definition) is 0. The first-order valence-electron chi connectivity index (χ1n) is 3.37. The van der Waals surface area contributed by atoms with Crippen LogP contribution in [0.15, 0.2) is 18.2 Å². The molecule has 1 aromatic rings. The third kappa shape index (κ3) is 1.03. The Morgan fingerprint density at radius 1 is 1.40 bits per heavy atom. The van der Waals surface area contributed by atoms with E-state index in [0.717, 1.165) is 18.8 Å². The molecular formula is C8H8OSn. The van der Waals surface area contributed by atoms with E-state index in [1.165, 1.54) is 31.7 Å². The van der Waals surface area contributed by atoms with Gasteiger partial charge in [-0.3, -0.25) is 0 Å². The van der Waals surface area contributed by atoms with Gasteiger partial charge in [0, 0.05) is 0 Å². The average molecular weight is 239 g/mol. The van der Waals surface area contributed by atoms with Crippen molar-refractivity contribution >= 4 is 26.1 Å². The van der Waals surface area contributed by atoms with Crippen LogP contribution in [0.3, 0.4) is 0 Å². The van der Waals surface area contributed by atoms with E-state index in [1.54, 1.807) is 0 Å². The molecule has 2 radical (unpaired) electrons. The Kier molecular flexibility index (Phi) is 1.60. The van der Waals surface area contributed by atoms with Crippen molar-refractivity contribution in [3.63, 3.8) is 0 Å². The molecule has 0 bridgehead atoms. The number of rotatable bonds is 0. The first-order chi connectivity index (χ1) is 4.86. The van der Waals surface area contributed by atoms with E-state index in [4.69, 9.17) is 4.74 Å². The second-order valence-electron chi connectivity index (χ2n) is 2.47. The summed E-state index contributed by atoms with van der Waals surface area (Å²) in [5.74, 6) is 1.10. The number of fused-ring (bicyclic) bond motifs is 1. The molecule has 0 saturated carbocycles. The van der Waals surface area contributed by atoms with Gasteiger partial charge in [0.15, 0.2) is 0 Å². The van der Waals surface area contributed by atoms with E-state index >= 15 is 0 Å². The van der Waals surface area contributed by atoms with Crippen molar-refractivity contribution in [2.24, 2.45) is 0 Å². The third-order valence-electron chi connectivity index (χ3n) is 1.71. The van der Waals surface area contributed by atoms with Gasteiger partial charge >= 0.3 is 73.4 Å². The molecule has 1 nitrogen and oxygen atoms in total. The quantitative estimate of drug-likeness (QED) is 0.585. The van der Waals surface area contributed by atoms with Gasteiger partial charge in [0.25, 0.3) is 0 Å². The molecule has 10 heavy (non-hydrogen) atoms. The zero-order valence-electron chi connectivity index (χ0n) is 5.63. The average Bonchev–Trinajstić information content (AvgIpc) is 2.33. The van der Waals surface area contributed by atoms with Gasteiger partial charge in [0.05, 0.1) is 0 Å². The molecule has 0 atom stereocenters. The van der Waals surface area contributed by atoms with E-state index < -0.39 is 0 Å². The van der Waals surface area contributed by atoms with Crippen LogP contribution in [0.5, 0.6) is 5.75 Å². The molecule has 1 aliphatic rings. The molecular weight excluding hydrogens is 231 g/mol. The monoisotopic (exact) mass is 240 g/mol. The Morgan fingerprint density at radius 2 is 2.30 bits per heavy atom. The molecule has 1 heterocycles. The summed E-state index contributed by atoms with van der Waals surface area (Å²) in [6.45, 7) is 0.874. The van der Waals surface area contributed by atoms with Crippen molar-refractivity contribution < 1.29 is 4.74 Å². The van der Waals surface area contributed by atoms with Gasteiger partial charge in [-0.2, -0.15) is 0 Å². The van der Waals surface area contributed by atoms with Crippen LogP contribution in [0.4, 0.5) is 0 Å². The molecule has 0 amide bonds. The summed E-state index contributed by atoms with van der Waals surface area (Å²) in [7, 11) is 0. The summed E-state index contributed by atoms with van der Waals surface area (Å²) >= 11 is 1.21. The molecule has 0 unspecified atom stereocenters. The fourth-order valence-corrected chi connectivity index (χ4v) is 2.06. The molecule has 0 aliphatic carbocycles. The first kappa shape index (κ1) is 6.52. The summed E-state index contributed by atoms with van der Waals surface area (Å²) in [6.07, 6.45) is 1.10. The van der Waals surface area contributed by atoms with Gasteiger partial charge in [0.2, 0.25) is 0 Å². The number of benzene rings is 1. The van der Waals surface area contributed by atoms with Gasteiger partial charge in [-0.15, -0.1) is 0 Å². The molecule has 0 fully saturated rings. The second-order valence-corrected chi connectivity index (χ2v) is 4.37. The van der Waals surface area contributed by atoms with Gasteiger partial charge in [-0.05, 0) is 0 Å². The van der Waals surface area contributed by atoms with Gasteiger partial charge < -0.3 is 0 Å². The summed E-state index contributed by atoms with van der Waals surface area (Å²) in [4.78, 5) is 0. The summed E-state index contributed by atoms with van der Waals surface area (Å²) in [5.41, 5.74) is 1.39. The van der Waals surface area contributed by atoms with Crippen LogP contribution in [0.2, 0.25) is 0 Å². The second kappa shape index (κ2) is 2.46. The zero-order chi connectivity index (χ0) is 6.97. The van der Waals surface area contributed by atoms with Crippen molar-refractivity contribution in [1.82, 2.24) is 0 Å². The van der Waals surface area contributed by atoms with Gasteiger partial charge in [-0.1, -0.05) is 0 Å². The fraction of sp³-hybridized carbons (Fsp3) is 0.250. The van der Waals surface area contributed by atoms with Crippen LogP contribution in [-0.2, 0) is 6.42 Å². The first-order valence-corrected chi connectivity index (χ1v) is 5.02. The molecule has 2 rings (SSSR count). The maximum absolute atomic E-state index is 5.37. The van der Waals surface area contributed by atoms with Crippen molar-refractivity contribution in [3.05, 3.63) is 23.8 Å². The van der Waals surface area contributed by atoms with Crippen LogP contribution in [0.1, 0.15) is 5.56 Å². The topological polar surface area (TPSA) is 9.23 Å². The molecule has 0 aromatic heterocycles. The normalized spacial score (nSPS) is 14.5. The molecule has 0 N–H and O–H groups in total.